The van der Waals surface area contributed by atoms with E-state index >= 15 is 0 Å². The smallest absolute Gasteiger partial charge is 0.186 e. The van der Waals surface area contributed by atoms with Gasteiger partial charge in [0.2, 0.25) is 0 Å². The highest BCUT2D eigenvalue weighted by molar-refractivity contribution is 5.43. The number of hydrogen-bond donors (Lipinski definition) is 1. The minimum absolute atomic E-state index is 0.0148. The molecule has 17 heavy (non-hydrogen) atoms. The van der Waals surface area contributed by atoms with Crippen LogP contribution in [0.4, 0.5) is 0 Å². The van der Waals surface area contributed by atoms with Gasteiger partial charge in [0.15, 0.2) is 6.79 Å². The first kappa shape index (κ1) is 14.0. The largest absolute Gasteiger partial charge is 0.467 e. The highest BCUT2D eigenvalue weighted by atomic mass is 16.6. The fraction of sp³-hybridized carbons (Fsp3) is 0.600. The van der Waals surface area contributed by atoms with E-state index in [9.17, 15) is 0 Å². The Kier molecular flexibility index (Phi) is 3.88. The standard InChI is InChI=1S/C15H24O2/c1-14(2,3)11-7-8-12(15(4,5)6)13(9-11)17-10-16/h7-9,16H,10H2,1-6H3. The molecule has 0 heterocycles. The molecule has 0 bridgehead atoms. The average Bonchev–Trinajstić information content (AvgIpc) is 2.15. The summed E-state index contributed by atoms with van der Waals surface area (Å²) in [6.45, 7) is 12.7. The van der Waals surface area contributed by atoms with Crippen molar-refractivity contribution in [1.82, 2.24) is 0 Å². The summed E-state index contributed by atoms with van der Waals surface area (Å²) in [4.78, 5) is 0. The first-order valence-electron chi connectivity index (χ1n) is 6.05. The summed E-state index contributed by atoms with van der Waals surface area (Å²) in [6, 6.07) is 6.28. The molecule has 1 rings (SSSR count). The van der Waals surface area contributed by atoms with Gasteiger partial charge in [-0.15, -0.1) is 0 Å². The van der Waals surface area contributed by atoms with Gasteiger partial charge in [-0.05, 0) is 28.0 Å². The van der Waals surface area contributed by atoms with Crippen LogP contribution >= 0.6 is 0 Å². The maximum absolute atomic E-state index is 8.98. The zero-order chi connectivity index (χ0) is 13.3. The lowest BCUT2D eigenvalue weighted by Gasteiger charge is -2.26. The molecular weight excluding hydrogens is 212 g/mol. The lowest BCUT2D eigenvalue weighted by atomic mass is 9.81. The molecule has 0 saturated carbocycles. The SMILES string of the molecule is CC(C)(C)c1ccc(C(C)(C)C)c(OCO)c1. The predicted octanol–water partition coefficient (Wildman–Crippen LogP) is 3.61. The summed E-state index contributed by atoms with van der Waals surface area (Å²) in [6.07, 6.45) is 0. The number of hydrogen-bond acceptors (Lipinski definition) is 2. The van der Waals surface area contributed by atoms with E-state index in [0.717, 1.165) is 11.3 Å². The van der Waals surface area contributed by atoms with E-state index < -0.39 is 0 Å². The summed E-state index contributed by atoms with van der Waals surface area (Å²) in [7, 11) is 0. The molecule has 0 aliphatic heterocycles. The quantitative estimate of drug-likeness (QED) is 0.795. The van der Waals surface area contributed by atoms with Crippen LogP contribution in [0.2, 0.25) is 0 Å². The Bertz CT molecular complexity index is 381. The second-order valence-electron chi connectivity index (χ2n) is 6.48. The third-order valence-corrected chi connectivity index (χ3v) is 2.88. The zero-order valence-corrected chi connectivity index (χ0v) is 11.8. The molecular formula is C15H24O2. The molecule has 2 heteroatoms. The van der Waals surface area contributed by atoms with Gasteiger partial charge in [0.05, 0.1) is 0 Å². The molecule has 2 nitrogen and oxygen atoms in total. The molecule has 0 amide bonds. The minimum Gasteiger partial charge on any atom is -0.467 e. The molecule has 0 fully saturated rings. The third kappa shape index (κ3) is 3.47. The van der Waals surface area contributed by atoms with Gasteiger partial charge in [0.1, 0.15) is 5.75 Å². The van der Waals surface area contributed by atoms with Crippen LogP contribution in [0.25, 0.3) is 0 Å². The molecule has 0 spiro atoms. The molecule has 0 saturated heterocycles. The number of aliphatic hydroxyl groups excluding tert-OH is 1. The first-order valence-corrected chi connectivity index (χ1v) is 6.05. The molecule has 96 valence electrons. The molecule has 0 radical (unpaired) electrons. The summed E-state index contributed by atoms with van der Waals surface area (Å²) >= 11 is 0. The van der Waals surface area contributed by atoms with Gasteiger partial charge in [-0.3, -0.25) is 0 Å². The van der Waals surface area contributed by atoms with Crippen molar-refractivity contribution in [2.24, 2.45) is 0 Å². The van der Waals surface area contributed by atoms with Crippen molar-refractivity contribution in [3.63, 3.8) is 0 Å². The highest BCUT2D eigenvalue weighted by Gasteiger charge is 2.22. The second kappa shape index (κ2) is 4.69. The number of benzene rings is 1. The lowest BCUT2D eigenvalue weighted by molar-refractivity contribution is 0.0964. The van der Waals surface area contributed by atoms with E-state index in [1.807, 2.05) is 6.07 Å². The molecule has 1 aromatic carbocycles. The number of ether oxygens (including phenoxy) is 1. The van der Waals surface area contributed by atoms with E-state index in [1.165, 1.54) is 5.56 Å². The van der Waals surface area contributed by atoms with E-state index in [2.05, 4.69) is 53.7 Å². The monoisotopic (exact) mass is 236 g/mol. The predicted molar refractivity (Wildman–Crippen MR) is 71.6 cm³/mol. The van der Waals surface area contributed by atoms with Crippen LogP contribution < -0.4 is 4.74 Å². The summed E-state index contributed by atoms with van der Waals surface area (Å²) in [5.74, 6) is 0.785. The normalized spacial score (nSPS) is 12.6. The van der Waals surface area contributed by atoms with Gasteiger partial charge in [-0.2, -0.15) is 0 Å². The van der Waals surface area contributed by atoms with Crippen LogP contribution in [0.15, 0.2) is 18.2 Å². The van der Waals surface area contributed by atoms with Gasteiger partial charge in [0, 0.05) is 0 Å². The van der Waals surface area contributed by atoms with Gasteiger partial charge >= 0.3 is 0 Å². The topological polar surface area (TPSA) is 29.5 Å². The average molecular weight is 236 g/mol. The van der Waals surface area contributed by atoms with Crippen molar-refractivity contribution in [2.75, 3.05) is 6.79 Å². The Morgan fingerprint density at radius 3 is 2.00 bits per heavy atom. The van der Waals surface area contributed by atoms with Crippen molar-refractivity contribution < 1.29 is 9.84 Å². The van der Waals surface area contributed by atoms with Gasteiger partial charge in [-0.25, -0.2) is 0 Å². The molecule has 0 aromatic heterocycles. The van der Waals surface area contributed by atoms with Crippen molar-refractivity contribution in [3.05, 3.63) is 29.3 Å². The maximum atomic E-state index is 8.98. The van der Waals surface area contributed by atoms with Crippen molar-refractivity contribution >= 4 is 0 Å². The minimum atomic E-state index is -0.281. The molecule has 1 aromatic rings. The third-order valence-electron chi connectivity index (χ3n) is 2.88. The van der Waals surface area contributed by atoms with Crippen molar-refractivity contribution in [2.45, 2.75) is 52.4 Å². The van der Waals surface area contributed by atoms with Crippen LogP contribution in [0, 0.1) is 0 Å². The second-order valence-corrected chi connectivity index (χ2v) is 6.48. The van der Waals surface area contributed by atoms with Gasteiger partial charge in [0.25, 0.3) is 0 Å². The number of rotatable bonds is 2. The van der Waals surface area contributed by atoms with Crippen molar-refractivity contribution in [3.8, 4) is 5.75 Å². The summed E-state index contributed by atoms with van der Waals surface area (Å²) in [5.41, 5.74) is 2.44. The molecule has 0 aliphatic rings. The zero-order valence-electron chi connectivity index (χ0n) is 11.8. The Hall–Kier alpha value is -1.02. The van der Waals surface area contributed by atoms with Crippen LogP contribution in [-0.4, -0.2) is 11.9 Å². The Balaban J connectivity index is 3.27. The Morgan fingerprint density at radius 2 is 1.59 bits per heavy atom. The van der Waals surface area contributed by atoms with Crippen LogP contribution in [0.5, 0.6) is 5.75 Å². The van der Waals surface area contributed by atoms with E-state index in [1.54, 1.807) is 0 Å². The van der Waals surface area contributed by atoms with Crippen LogP contribution in [-0.2, 0) is 10.8 Å². The Labute approximate surface area is 105 Å². The van der Waals surface area contributed by atoms with Gasteiger partial charge < -0.3 is 9.84 Å². The first-order chi connectivity index (χ1) is 7.66. The fourth-order valence-corrected chi connectivity index (χ4v) is 1.80. The van der Waals surface area contributed by atoms with Gasteiger partial charge in [-0.1, -0.05) is 53.7 Å². The molecule has 0 aliphatic carbocycles. The molecule has 1 N–H and O–H groups in total. The number of aliphatic hydroxyl groups is 1. The van der Waals surface area contributed by atoms with E-state index in [4.69, 9.17) is 9.84 Å². The fourth-order valence-electron chi connectivity index (χ4n) is 1.80. The van der Waals surface area contributed by atoms with Crippen LogP contribution in [0.1, 0.15) is 52.7 Å². The van der Waals surface area contributed by atoms with E-state index in [-0.39, 0.29) is 17.6 Å². The van der Waals surface area contributed by atoms with E-state index in [0.29, 0.717) is 0 Å². The molecule has 0 unspecified atom stereocenters. The van der Waals surface area contributed by atoms with Crippen LogP contribution in [0.3, 0.4) is 0 Å². The highest BCUT2D eigenvalue weighted by Crippen LogP contribution is 2.35. The maximum Gasteiger partial charge on any atom is 0.186 e. The summed E-state index contributed by atoms with van der Waals surface area (Å²) < 4.78 is 5.35. The van der Waals surface area contributed by atoms with Crippen molar-refractivity contribution in [1.29, 1.82) is 0 Å². The lowest BCUT2D eigenvalue weighted by Crippen LogP contribution is -2.16. The summed E-state index contributed by atoms with van der Waals surface area (Å²) in [5, 5.41) is 8.98. The Morgan fingerprint density at radius 1 is 1.00 bits per heavy atom. The molecule has 0 atom stereocenters.